The molecule has 1 amide bonds. The SMILES string of the molecule is CC(N)COc1ccc(C(N)=O)c(O)c1. The Kier molecular flexibility index (Phi) is 3.51. The zero-order valence-corrected chi connectivity index (χ0v) is 8.43. The molecule has 0 radical (unpaired) electrons. The van der Waals surface area contributed by atoms with Crippen LogP contribution in [0.3, 0.4) is 0 Å². The van der Waals surface area contributed by atoms with Crippen LogP contribution in [0.2, 0.25) is 0 Å². The molecule has 1 atom stereocenters. The minimum absolute atomic E-state index is 0.0724. The van der Waals surface area contributed by atoms with E-state index in [9.17, 15) is 9.90 Å². The smallest absolute Gasteiger partial charge is 0.252 e. The van der Waals surface area contributed by atoms with Crippen LogP contribution in [0.25, 0.3) is 0 Å². The van der Waals surface area contributed by atoms with Crippen LogP contribution < -0.4 is 16.2 Å². The molecule has 5 nitrogen and oxygen atoms in total. The quantitative estimate of drug-likeness (QED) is 0.661. The van der Waals surface area contributed by atoms with Crippen molar-refractivity contribution in [1.82, 2.24) is 0 Å². The molecule has 0 aliphatic rings. The summed E-state index contributed by atoms with van der Waals surface area (Å²) in [4.78, 5) is 10.8. The number of ether oxygens (including phenoxy) is 1. The highest BCUT2D eigenvalue weighted by Gasteiger charge is 2.08. The van der Waals surface area contributed by atoms with Crippen LogP contribution in [-0.4, -0.2) is 23.7 Å². The number of aromatic hydroxyl groups is 1. The summed E-state index contributed by atoms with van der Waals surface area (Å²) in [5.41, 5.74) is 10.6. The maximum atomic E-state index is 10.8. The third-order valence-electron chi connectivity index (χ3n) is 1.75. The Morgan fingerprint density at radius 1 is 1.60 bits per heavy atom. The highest BCUT2D eigenvalue weighted by Crippen LogP contribution is 2.23. The second kappa shape index (κ2) is 4.65. The molecule has 0 heterocycles. The first kappa shape index (κ1) is 11.3. The topological polar surface area (TPSA) is 98.6 Å². The predicted octanol–water partition coefficient (Wildman–Crippen LogP) is 0.217. The van der Waals surface area contributed by atoms with Gasteiger partial charge in [-0.1, -0.05) is 0 Å². The predicted molar refractivity (Wildman–Crippen MR) is 55.8 cm³/mol. The van der Waals surface area contributed by atoms with E-state index >= 15 is 0 Å². The van der Waals surface area contributed by atoms with E-state index in [-0.39, 0.29) is 17.4 Å². The number of benzene rings is 1. The number of nitrogens with two attached hydrogens (primary N) is 2. The number of hydrogen-bond acceptors (Lipinski definition) is 4. The number of phenols is 1. The first-order valence-corrected chi connectivity index (χ1v) is 4.52. The Hall–Kier alpha value is -1.75. The van der Waals surface area contributed by atoms with Crippen LogP contribution in [0.15, 0.2) is 18.2 Å². The lowest BCUT2D eigenvalue weighted by Gasteiger charge is -2.09. The standard InChI is InChI=1S/C10H14N2O3/c1-6(11)5-15-7-2-3-8(10(12)14)9(13)4-7/h2-4,6,13H,5,11H2,1H3,(H2,12,14). The normalized spacial score (nSPS) is 12.1. The van der Waals surface area contributed by atoms with E-state index < -0.39 is 5.91 Å². The molecule has 1 aromatic carbocycles. The van der Waals surface area contributed by atoms with Gasteiger partial charge in [0, 0.05) is 12.1 Å². The van der Waals surface area contributed by atoms with Crippen LogP contribution in [-0.2, 0) is 0 Å². The monoisotopic (exact) mass is 210 g/mol. The molecule has 0 saturated heterocycles. The van der Waals surface area contributed by atoms with Crippen molar-refractivity contribution >= 4 is 5.91 Å². The van der Waals surface area contributed by atoms with Crippen molar-refractivity contribution in [1.29, 1.82) is 0 Å². The second-order valence-corrected chi connectivity index (χ2v) is 3.33. The van der Waals surface area contributed by atoms with Gasteiger partial charge in [0.15, 0.2) is 0 Å². The summed E-state index contributed by atoms with van der Waals surface area (Å²) in [5.74, 6) is -0.411. The maximum Gasteiger partial charge on any atom is 0.252 e. The number of rotatable bonds is 4. The summed E-state index contributed by atoms with van der Waals surface area (Å²) < 4.78 is 5.25. The second-order valence-electron chi connectivity index (χ2n) is 3.33. The summed E-state index contributed by atoms with van der Waals surface area (Å²) >= 11 is 0. The fourth-order valence-electron chi connectivity index (χ4n) is 1.04. The molecule has 0 aliphatic heterocycles. The molecule has 0 saturated carbocycles. The van der Waals surface area contributed by atoms with Crippen molar-refractivity contribution < 1.29 is 14.6 Å². The Morgan fingerprint density at radius 3 is 2.73 bits per heavy atom. The van der Waals surface area contributed by atoms with E-state index in [0.717, 1.165) is 0 Å². The highest BCUT2D eigenvalue weighted by atomic mass is 16.5. The van der Waals surface area contributed by atoms with Crippen molar-refractivity contribution in [3.8, 4) is 11.5 Å². The van der Waals surface area contributed by atoms with Gasteiger partial charge < -0.3 is 21.3 Å². The molecular formula is C10H14N2O3. The molecule has 1 rings (SSSR count). The van der Waals surface area contributed by atoms with Crippen LogP contribution in [0.1, 0.15) is 17.3 Å². The van der Waals surface area contributed by atoms with Gasteiger partial charge in [-0.3, -0.25) is 4.79 Å². The van der Waals surface area contributed by atoms with Crippen LogP contribution >= 0.6 is 0 Å². The zero-order chi connectivity index (χ0) is 11.4. The molecule has 0 fully saturated rings. The van der Waals surface area contributed by atoms with E-state index in [4.69, 9.17) is 16.2 Å². The fourth-order valence-corrected chi connectivity index (χ4v) is 1.04. The van der Waals surface area contributed by atoms with Crippen molar-refractivity contribution in [3.63, 3.8) is 0 Å². The number of carbonyl (C=O) groups excluding carboxylic acids is 1. The lowest BCUT2D eigenvalue weighted by atomic mass is 10.2. The lowest BCUT2D eigenvalue weighted by molar-refractivity contribution is 0.0997. The van der Waals surface area contributed by atoms with Gasteiger partial charge in [-0.2, -0.15) is 0 Å². The van der Waals surface area contributed by atoms with Crippen molar-refractivity contribution in [2.24, 2.45) is 11.5 Å². The van der Waals surface area contributed by atoms with Crippen LogP contribution in [0.4, 0.5) is 0 Å². The van der Waals surface area contributed by atoms with Gasteiger partial charge in [-0.15, -0.1) is 0 Å². The molecule has 0 aliphatic carbocycles. The number of primary amides is 1. The number of carbonyl (C=O) groups is 1. The average molecular weight is 210 g/mol. The van der Waals surface area contributed by atoms with Gasteiger partial charge in [0.1, 0.15) is 18.1 Å². The van der Waals surface area contributed by atoms with E-state index in [1.807, 2.05) is 0 Å². The van der Waals surface area contributed by atoms with E-state index in [1.165, 1.54) is 12.1 Å². The molecule has 1 unspecified atom stereocenters. The minimum Gasteiger partial charge on any atom is -0.507 e. The molecule has 0 bridgehead atoms. The molecular weight excluding hydrogens is 196 g/mol. The van der Waals surface area contributed by atoms with Gasteiger partial charge in [0.05, 0.1) is 5.56 Å². The fraction of sp³-hybridized carbons (Fsp3) is 0.300. The summed E-state index contributed by atoms with van der Waals surface area (Å²) in [7, 11) is 0. The van der Waals surface area contributed by atoms with Crippen molar-refractivity contribution in [2.45, 2.75) is 13.0 Å². The molecule has 82 valence electrons. The third kappa shape index (κ3) is 3.14. The zero-order valence-electron chi connectivity index (χ0n) is 8.43. The van der Waals surface area contributed by atoms with Gasteiger partial charge in [-0.05, 0) is 19.1 Å². The molecule has 1 aromatic rings. The Bertz CT molecular complexity index is 364. The number of hydrogen-bond donors (Lipinski definition) is 3. The maximum absolute atomic E-state index is 10.8. The van der Waals surface area contributed by atoms with Gasteiger partial charge in [0.25, 0.3) is 5.91 Å². The van der Waals surface area contributed by atoms with Crippen molar-refractivity contribution in [2.75, 3.05) is 6.61 Å². The summed E-state index contributed by atoms with van der Waals surface area (Å²) in [6.07, 6.45) is 0. The van der Waals surface area contributed by atoms with E-state index in [0.29, 0.717) is 12.4 Å². The Labute approximate surface area is 87.6 Å². The first-order valence-electron chi connectivity index (χ1n) is 4.52. The highest BCUT2D eigenvalue weighted by molar-refractivity contribution is 5.95. The summed E-state index contributed by atoms with van der Waals surface area (Å²) in [5, 5.41) is 9.41. The Morgan fingerprint density at radius 2 is 2.27 bits per heavy atom. The van der Waals surface area contributed by atoms with E-state index in [2.05, 4.69) is 0 Å². The van der Waals surface area contributed by atoms with E-state index in [1.54, 1.807) is 13.0 Å². The molecule has 0 spiro atoms. The Balaban J connectivity index is 2.78. The molecule has 5 N–H and O–H groups in total. The average Bonchev–Trinajstić information content (AvgIpc) is 2.14. The molecule has 15 heavy (non-hydrogen) atoms. The van der Waals surface area contributed by atoms with Crippen LogP contribution in [0, 0.1) is 0 Å². The molecule has 5 heteroatoms. The van der Waals surface area contributed by atoms with Gasteiger partial charge >= 0.3 is 0 Å². The minimum atomic E-state index is -0.675. The van der Waals surface area contributed by atoms with Crippen molar-refractivity contribution in [3.05, 3.63) is 23.8 Å². The first-order chi connectivity index (χ1) is 7.00. The van der Waals surface area contributed by atoms with Crippen LogP contribution in [0.5, 0.6) is 11.5 Å². The molecule has 0 aromatic heterocycles. The lowest BCUT2D eigenvalue weighted by Crippen LogP contribution is -2.23. The van der Waals surface area contributed by atoms with Gasteiger partial charge in [-0.25, -0.2) is 0 Å². The summed E-state index contributed by atoms with van der Waals surface area (Å²) in [6, 6.07) is 4.21. The third-order valence-corrected chi connectivity index (χ3v) is 1.75. The largest absolute Gasteiger partial charge is 0.507 e. The van der Waals surface area contributed by atoms with Gasteiger partial charge in [0.2, 0.25) is 0 Å². The number of amides is 1. The summed E-state index contributed by atoms with van der Waals surface area (Å²) in [6.45, 7) is 2.15.